The number of benzene rings is 2. The fraction of sp³-hybridized carbons (Fsp3) is 0. The molecule has 0 bridgehead atoms. The monoisotopic (exact) mass is 366 g/mol. The quantitative estimate of drug-likeness (QED) is 0.540. The molecule has 0 saturated carbocycles. The number of hydrogen-bond acceptors (Lipinski definition) is 5. The Labute approximate surface area is 151 Å². The molecule has 0 atom stereocenters. The van der Waals surface area contributed by atoms with E-state index in [-0.39, 0.29) is 11.5 Å². The van der Waals surface area contributed by atoms with Crippen molar-refractivity contribution in [2.75, 3.05) is 5.32 Å². The first-order chi connectivity index (χ1) is 13.0. The van der Waals surface area contributed by atoms with E-state index in [4.69, 9.17) is 0 Å². The fourth-order valence-electron chi connectivity index (χ4n) is 2.77. The summed E-state index contributed by atoms with van der Waals surface area (Å²) in [5, 5.41) is 13.2. The molecule has 2 aromatic carbocycles. The van der Waals surface area contributed by atoms with E-state index in [9.17, 15) is 18.8 Å². The van der Waals surface area contributed by atoms with Gasteiger partial charge >= 0.3 is 5.69 Å². The Balaban J connectivity index is 1.77. The van der Waals surface area contributed by atoms with Crippen molar-refractivity contribution in [3.05, 3.63) is 82.9 Å². The Morgan fingerprint density at radius 3 is 2.52 bits per heavy atom. The fourth-order valence-corrected chi connectivity index (χ4v) is 2.77. The molecule has 6 nitrogen and oxygen atoms in total. The van der Waals surface area contributed by atoms with Gasteiger partial charge in [0.25, 0.3) is 0 Å². The summed E-state index contributed by atoms with van der Waals surface area (Å²) < 4.78 is 27.3. The lowest BCUT2D eigenvalue weighted by Gasteiger charge is -2.11. The van der Waals surface area contributed by atoms with Gasteiger partial charge < -0.3 is 10.5 Å². The zero-order chi connectivity index (χ0) is 19.0. The molecule has 0 fully saturated rings. The summed E-state index contributed by atoms with van der Waals surface area (Å²) in [6.07, 6.45) is 1.44. The van der Waals surface area contributed by atoms with Gasteiger partial charge in [-0.1, -0.05) is 12.1 Å². The number of hydrogen-bond donors (Lipinski definition) is 2. The van der Waals surface area contributed by atoms with Gasteiger partial charge in [0.05, 0.1) is 5.39 Å². The molecule has 0 saturated heterocycles. The Kier molecular flexibility index (Phi) is 4.00. The lowest BCUT2D eigenvalue weighted by atomic mass is 10.0. The van der Waals surface area contributed by atoms with Crippen molar-refractivity contribution < 1.29 is 14.0 Å². The second-order valence-corrected chi connectivity index (χ2v) is 5.79. The number of rotatable bonds is 3. The molecule has 0 unspecified atom stereocenters. The predicted octanol–water partition coefficient (Wildman–Crippen LogP) is 3.72. The zero-order valence-electron chi connectivity index (χ0n) is 13.7. The van der Waals surface area contributed by atoms with Crippen molar-refractivity contribution in [1.82, 2.24) is 14.7 Å². The summed E-state index contributed by atoms with van der Waals surface area (Å²) in [5.41, 5.74) is 0.679. The molecule has 0 aliphatic carbocycles. The number of pyridine rings is 1. The van der Waals surface area contributed by atoms with Gasteiger partial charge in [0.2, 0.25) is 0 Å². The van der Waals surface area contributed by atoms with Crippen LogP contribution in [-0.2, 0) is 0 Å². The van der Waals surface area contributed by atoms with Gasteiger partial charge in [0.1, 0.15) is 17.5 Å². The van der Waals surface area contributed by atoms with Gasteiger partial charge in [0, 0.05) is 18.0 Å². The standard InChI is InChI=1S/C19H12F2N4O2/c20-13-7-12(8-14(21)10-13)11-3-1-4-15(9-11)23-17-16-5-2-6-22-18(16)25(27)19(26)24-17/h1-10,27H,(H,23,24,26). The van der Waals surface area contributed by atoms with Crippen molar-refractivity contribution in [3.63, 3.8) is 0 Å². The lowest BCUT2D eigenvalue weighted by molar-refractivity contribution is 0.182. The third kappa shape index (κ3) is 3.20. The average Bonchev–Trinajstić information content (AvgIpc) is 2.65. The van der Waals surface area contributed by atoms with Crippen molar-refractivity contribution in [2.24, 2.45) is 0 Å². The maximum Gasteiger partial charge on any atom is 0.384 e. The molecule has 4 aromatic rings. The molecule has 0 amide bonds. The van der Waals surface area contributed by atoms with Crippen LogP contribution in [0.4, 0.5) is 20.3 Å². The van der Waals surface area contributed by atoms with Crippen LogP contribution in [0.3, 0.4) is 0 Å². The van der Waals surface area contributed by atoms with Crippen LogP contribution < -0.4 is 11.0 Å². The SMILES string of the molecule is O=c1nc(Nc2cccc(-c3cc(F)cc(F)c3)c2)c2cccnc2n1O. The highest BCUT2D eigenvalue weighted by atomic mass is 19.1. The third-order valence-electron chi connectivity index (χ3n) is 3.95. The molecular formula is C19H12F2N4O2. The minimum Gasteiger partial charge on any atom is -0.422 e. The van der Waals surface area contributed by atoms with E-state index in [0.717, 1.165) is 6.07 Å². The Morgan fingerprint density at radius 2 is 1.74 bits per heavy atom. The van der Waals surface area contributed by atoms with Gasteiger partial charge in [-0.15, -0.1) is 4.73 Å². The van der Waals surface area contributed by atoms with Crippen LogP contribution in [-0.4, -0.2) is 19.9 Å². The normalized spacial score (nSPS) is 10.9. The smallest absolute Gasteiger partial charge is 0.384 e. The van der Waals surface area contributed by atoms with Crippen LogP contribution in [0.5, 0.6) is 0 Å². The first-order valence-corrected chi connectivity index (χ1v) is 7.92. The highest BCUT2D eigenvalue weighted by molar-refractivity contribution is 5.88. The number of anilines is 2. The Bertz CT molecular complexity index is 1200. The number of aromatic nitrogens is 3. The summed E-state index contributed by atoms with van der Waals surface area (Å²) >= 11 is 0. The van der Waals surface area contributed by atoms with Gasteiger partial charge in [-0.3, -0.25) is 0 Å². The molecule has 2 heterocycles. The van der Waals surface area contributed by atoms with E-state index in [1.54, 1.807) is 36.4 Å². The molecule has 0 spiro atoms. The van der Waals surface area contributed by atoms with Crippen molar-refractivity contribution in [2.45, 2.75) is 0 Å². The van der Waals surface area contributed by atoms with E-state index < -0.39 is 17.3 Å². The second kappa shape index (κ2) is 6.49. The van der Waals surface area contributed by atoms with Crippen molar-refractivity contribution in [3.8, 4) is 11.1 Å². The average molecular weight is 366 g/mol. The highest BCUT2D eigenvalue weighted by Crippen LogP contribution is 2.27. The molecule has 27 heavy (non-hydrogen) atoms. The summed E-state index contributed by atoms with van der Waals surface area (Å²) in [6.45, 7) is 0. The Morgan fingerprint density at radius 1 is 0.963 bits per heavy atom. The molecule has 2 aromatic heterocycles. The van der Waals surface area contributed by atoms with Crippen molar-refractivity contribution in [1.29, 1.82) is 0 Å². The summed E-state index contributed by atoms with van der Waals surface area (Å²) in [5.74, 6) is -1.14. The van der Waals surface area contributed by atoms with Gasteiger partial charge in [-0.2, -0.15) is 4.98 Å². The minimum atomic E-state index is -0.882. The minimum absolute atomic E-state index is 0.0587. The topological polar surface area (TPSA) is 80.0 Å². The van der Waals surface area contributed by atoms with E-state index in [1.165, 1.54) is 18.3 Å². The molecule has 0 aliphatic heterocycles. The van der Waals surface area contributed by atoms with E-state index in [0.29, 0.717) is 26.9 Å². The van der Waals surface area contributed by atoms with Gasteiger partial charge in [-0.05, 0) is 47.5 Å². The number of fused-ring (bicyclic) bond motifs is 1. The van der Waals surface area contributed by atoms with Crippen LogP contribution in [0.2, 0.25) is 0 Å². The molecule has 4 rings (SSSR count). The van der Waals surface area contributed by atoms with Gasteiger partial charge in [-0.25, -0.2) is 18.6 Å². The molecule has 0 aliphatic rings. The molecule has 0 radical (unpaired) electrons. The number of nitrogens with zero attached hydrogens (tertiary/aromatic N) is 3. The summed E-state index contributed by atoms with van der Waals surface area (Å²) in [6, 6.07) is 13.3. The predicted molar refractivity (Wildman–Crippen MR) is 96.1 cm³/mol. The maximum atomic E-state index is 13.5. The first kappa shape index (κ1) is 16.6. The van der Waals surface area contributed by atoms with Gasteiger partial charge in [0.15, 0.2) is 5.65 Å². The van der Waals surface area contributed by atoms with E-state index in [1.807, 2.05) is 0 Å². The van der Waals surface area contributed by atoms with Crippen LogP contribution in [0.15, 0.2) is 65.6 Å². The summed E-state index contributed by atoms with van der Waals surface area (Å²) in [7, 11) is 0. The Hall–Kier alpha value is -3.81. The van der Waals surface area contributed by atoms with Crippen LogP contribution in [0.1, 0.15) is 0 Å². The second-order valence-electron chi connectivity index (χ2n) is 5.79. The van der Waals surface area contributed by atoms with E-state index in [2.05, 4.69) is 15.3 Å². The van der Waals surface area contributed by atoms with Crippen LogP contribution in [0, 0.1) is 11.6 Å². The molecule has 134 valence electrons. The number of nitrogens with one attached hydrogen (secondary N) is 1. The lowest BCUT2D eigenvalue weighted by Crippen LogP contribution is -2.23. The largest absolute Gasteiger partial charge is 0.422 e. The summed E-state index contributed by atoms with van der Waals surface area (Å²) in [4.78, 5) is 19.6. The highest BCUT2D eigenvalue weighted by Gasteiger charge is 2.11. The zero-order valence-corrected chi connectivity index (χ0v) is 13.7. The number of halogens is 2. The molecule has 8 heteroatoms. The van der Waals surface area contributed by atoms with Crippen LogP contribution >= 0.6 is 0 Å². The van der Waals surface area contributed by atoms with E-state index >= 15 is 0 Å². The van der Waals surface area contributed by atoms with Crippen LogP contribution in [0.25, 0.3) is 22.2 Å². The first-order valence-electron chi connectivity index (χ1n) is 7.92. The maximum absolute atomic E-state index is 13.5. The third-order valence-corrected chi connectivity index (χ3v) is 3.95. The van der Waals surface area contributed by atoms with Crippen molar-refractivity contribution >= 4 is 22.5 Å². The molecular weight excluding hydrogens is 354 g/mol. The molecule has 2 N–H and O–H groups in total.